The molecule has 20 heavy (non-hydrogen) atoms. The Balaban J connectivity index is 2.13. The number of rotatable bonds is 4. The van der Waals surface area contributed by atoms with Crippen molar-refractivity contribution < 1.29 is 5.21 Å². The first-order valence-electron chi connectivity index (χ1n) is 6.17. The van der Waals surface area contributed by atoms with E-state index >= 15 is 0 Å². The Kier molecular flexibility index (Phi) is 4.48. The molecule has 0 saturated heterocycles. The zero-order chi connectivity index (χ0) is 14.5. The maximum absolute atomic E-state index is 8.67. The second-order valence-electron chi connectivity index (χ2n) is 4.46. The Morgan fingerprint density at radius 3 is 2.70 bits per heavy atom. The molecular weight excluding hydrogens is 274 g/mol. The Morgan fingerprint density at radius 2 is 2.05 bits per heavy atom. The van der Waals surface area contributed by atoms with Gasteiger partial charge < -0.3 is 16.3 Å². The number of hydrogen-bond donors (Lipinski definition) is 3. The third kappa shape index (κ3) is 3.22. The van der Waals surface area contributed by atoms with E-state index < -0.39 is 0 Å². The Hall–Kier alpha value is -2.20. The maximum Gasteiger partial charge on any atom is 0.170 e. The van der Waals surface area contributed by atoms with E-state index in [9.17, 15) is 0 Å². The summed E-state index contributed by atoms with van der Waals surface area (Å²) < 4.78 is 0. The largest absolute Gasteiger partial charge is 0.409 e. The molecule has 0 radical (unpaired) electrons. The lowest BCUT2D eigenvalue weighted by atomic mass is 10.0. The number of aryl methyl sites for hydroxylation is 1. The van der Waals surface area contributed by atoms with Crippen LogP contribution in [0.2, 0.25) is 5.02 Å². The molecule has 104 valence electrons. The number of para-hydroxylation sites is 1. The summed E-state index contributed by atoms with van der Waals surface area (Å²) in [6, 6.07) is 13.3. The van der Waals surface area contributed by atoms with E-state index in [1.54, 1.807) is 0 Å². The molecule has 0 aliphatic heterocycles. The lowest BCUT2D eigenvalue weighted by Gasteiger charge is -2.11. The van der Waals surface area contributed by atoms with Gasteiger partial charge in [-0.1, -0.05) is 41.0 Å². The van der Waals surface area contributed by atoms with Gasteiger partial charge in [0.25, 0.3) is 0 Å². The van der Waals surface area contributed by atoms with Crippen LogP contribution in [0, 0.1) is 6.92 Å². The lowest BCUT2D eigenvalue weighted by Crippen LogP contribution is -2.13. The topological polar surface area (TPSA) is 70.6 Å². The summed E-state index contributed by atoms with van der Waals surface area (Å²) in [4.78, 5) is 0. The summed E-state index contributed by atoms with van der Waals surface area (Å²) in [7, 11) is 0. The summed E-state index contributed by atoms with van der Waals surface area (Å²) in [5.74, 6) is 0.110. The molecule has 2 aromatic rings. The number of benzene rings is 2. The van der Waals surface area contributed by atoms with Crippen LogP contribution >= 0.6 is 11.6 Å². The molecule has 0 amide bonds. The zero-order valence-electron chi connectivity index (χ0n) is 11.1. The Labute approximate surface area is 122 Å². The van der Waals surface area contributed by atoms with E-state index in [1.807, 2.05) is 49.4 Å². The van der Waals surface area contributed by atoms with E-state index in [0.717, 1.165) is 16.8 Å². The van der Waals surface area contributed by atoms with Gasteiger partial charge in [0.1, 0.15) is 0 Å². The minimum Gasteiger partial charge on any atom is -0.409 e. The van der Waals surface area contributed by atoms with Gasteiger partial charge >= 0.3 is 0 Å². The van der Waals surface area contributed by atoms with Crippen LogP contribution in [0.25, 0.3) is 0 Å². The van der Waals surface area contributed by atoms with Gasteiger partial charge in [0.2, 0.25) is 0 Å². The molecule has 2 rings (SSSR count). The van der Waals surface area contributed by atoms with Crippen LogP contribution in [0.4, 0.5) is 5.69 Å². The molecule has 0 unspecified atom stereocenters. The summed E-state index contributed by atoms with van der Waals surface area (Å²) in [6.07, 6.45) is 0. The number of oxime groups is 1. The number of anilines is 1. The summed E-state index contributed by atoms with van der Waals surface area (Å²) >= 11 is 6.09. The van der Waals surface area contributed by atoms with Crippen LogP contribution in [0.1, 0.15) is 16.7 Å². The van der Waals surface area contributed by atoms with Crippen molar-refractivity contribution in [2.75, 3.05) is 5.32 Å². The van der Waals surface area contributed by atoms with Gasteiger partial charge in [0.15, 0.2) is 5.84 Å². The number of hydrogen-bond acceptors (Lipinski definition) is 3. The molecule has 0 fully saturated rings. The number of nitrogens with two attached hydrogens (primary N) is 1. The van der Waals surface area contributed by atoms with Gasteiger partial charge in [-0.25, -0.2) is 0 Å². The zero-order valence-corrected chi connectivity index (χ0v) is 11.9. The molecule has 0 spiro atoms. The predicted molar refractivity (Wildman–Crippen MR) is 82.5 cm³/mol. The fourth-order valence-electron chi connectivity index (χ4n) is 1.91. The van der Waals surface area contributed by atoms with Crippen molar-refractivity contribution in [3.05, 3.63) is 64.2 Å². The highest BCUT2D eigenvalue weighted by Crippen LogP contribution is 2.22. The predicted octanol–water partition coefficient (Wildman–Crippen LogP) is 3.36. The molecule has 2 aromatic carbocycles. The summed E-state index contributed by atoms with van der Waals surface area (Å²) in [6.45, 7) is 2.64. The SMILES string of the molecule is Cc1cc(/C(N)=N/O)ccc1CNc1ccccc1Cl. The van der Waals surface area contributed by atoms with E-state index in [-0.39, 0.29) is 5.84 Å². The lowest BCUT2D eigenvalue weighted by molar-refractivity contribution is 0.318. The molecule has 4 nitrogen and oxygen atoms in total. The van der Waals surface area contributed by atoms with Crippen LogP contribution in [0.5, 0.6) is 0 Å². The molecule has 0 saturated carbocycles. The van der Waals surface area contributed by atoms with Crippen molar-refractivity contribution in [1.29, 1.82) is 0 Å². The van der Waals surface area contributed by atoms with Crippen LogP contribution in [0.3, 0.4) is 0 Å². The van der Waals surface area contributed by atoms with E-state index in [0.29, 0.717) is 17.1 Å². The molecule has 5 heteroatoms. The van der Waals surface area contributed by atoms with Crippen molar-refractivity contribution >= 4 is 23.1 Å². The van der Waals surface area contributed by atoms with Crippen LogP contribution in [0.15, 0.2) is 47.6 Å². The molecule has 0 atom stereocenters. The van der Waals surface area contributed by atoms with Gasteiger partial charge in [-0.05, 0) is 36.2 Å². The number of nitrogens with one attached hydrogen (secondary N) is 1. The minimum atomic E-state index is 0.110. The fraction of sp³-hybridized carbons (Fsp3) is 0.133. The molecule has 0 aromatic heterocycles. The van der Waals surface area contributed by atoms with Gasteiger partial charge in [-0.3, -0.25) is 0 Å². The molecule has 0 heterocycles. The van der Waals surface area contributed by atoms with E-state index in [1.165, 1.54) is 0 Å². The first kappa shape index (κ1) is 14.2. The Morgan fingerprint density at radius 1 is 1.30 bits per heavy atom. The van der Waals surface area contributed by atoms with Crippen molar-refractivity contribution in [2.45, 2.75) is 13.5 Å². The summed E-state index contributed by atoms with van der Waals surface area (Å²) in [5.41, 5.74) is 9.35. The highest BCUT2D eigenvalue weighted by Gasteiger charge is 2.04. The number of nitrogens with zero attached hydrogens (tertiary/aromatic N) is 1. The van der Waals surface area contributed by atoms with Crippen molar-refractivity contribution in [1.82, 2.24) is 0 Å². The number of halogens is 1. The first-order valence-corrected chi connectivity index (χ1v) is 6.55. The normalized spacial score (nSPS) is 11.4. The molecule has 4 N–H and O–H groups in total. The van der Waals surface area contributed by atoms with Crippen molar-refractivity contribution in [3.63, 3.8) is 0 Å². The molecule has 0 aliphatic carbocycles. The third-order valence-corrected chi connectivity index (χ3v) is 3.42. The van der Waals surface area contributed by atoms with Crippen molar-refractivity contribution in [2.24, 2.45) is 10.9 Å². The third-order valence-electron chi connectivity index (χ3n) is 3.09. The monoisotopic (exact) mass is 289 g/mol. The maximum atomic E-state index is 8.67. The molecule has 0 aliphatic rings. The van der Waals surface area contributed by atoms with Gasteiger partial charge in [0, 0.05) is 12.1 Å². The van der Waals surface area contributed by atoms with Crippen LogP contribution in [-0.2, 0) is 6.54 Å². The van der Waals surface area contributed by atoms with Gasteiger partial charge in [0.05, 0.1) is 10.7 Å². The average molecular weight is 290 g/mol. The van der Waals surface area contributed by atoms with Gasteiger partial charge in [-0.15, -0.1) is 0 Å². The first-order chi connectivity index (χ1) is 9.61. The fourth-order valence-corrected chi connectivity index (χ4v) is 2.11. The second kappa shape index (κ2) is 6.30. The minimum absolute atomic E-state index is 0.110. The second-order valence-corrected chi connectivity index (χ2v) is 4.87. The summed E-state index contributed by atoms with van der Waals surface area (Å²) in [5, 5.41) is 15.6. The number of amidine groups is 1. The average Bonchev–Trinajstić information content (AvgIpc) is 2.46. The molecule has 0 bridgehead atoms. The van der Waals surface area contributed by atoms with Crippen LogP contribution in [-0.4, -0.2) is 11.0 Å². The highest BCUT2D eigenvalue weighted by molar-refractivity contribution is 6.33. The Bertz CT molecular complexity index is 641. The smallest absolute Gasteiger partial charge is 0.170 e. The van der Waals surface area contributed by atoms with Gasteiger partial charge in [-0.2, -0.15) is 0 Å². The van der Waals surface area contributed by atoms with E-state index in [2.05, 4.69) is 10.5 Å². The quantitative estimate of drug-likeness (QED) is 0.350. The van der Waals surface area contributed by atoms with Crippen LogP contribution < -0.4 is 11.1 Å². The highest BCUT2D eigenvalue weighted by atomic mass is 35.5. The molecular formula is C15H16ClN3O. The van der Waals surface area contributed by atoms with Crippen molar-refractivity contribution in [3.8, 4) is 0 Å². The van der Waals surface area contributed by atoms with E-state index in [4.69, 9.17) is 22.5 Å². The standard InChI is InChI=1S/C15H16ClN3O/c1-10-8-11(15(17)19-20)6-7-12(10)9-18-14-5-3-2-4-13(14)16/h2-8,18,20H,9H2,1H3,(H2,17,19).